The molecular formula is C53H72N5O10+. The Hall–Kier alpha value is -5.77. The van der Waals surface area contributed by atoms with Crippen LogP contribution >= 0.6 is 0 Å². The maximum Gasteiger partial charge on any atom is 0.316 e. The smallest absolute Gasteiger partial charge is 0.316 e. The van der Waals surface area contributed by atoms with E-state index in [9.17, 15) is 33.6 Å². The van der Waals surface area contributed by atoms with Crippen LogP contribution in [0.5, 0.6) is 5.75 Å². The number of aldehydes is 1. The number of carbonyl (C=O) groups excluding carboxylic acids is 7. The summed E-state index contributed by atoms with van der Waals surface area (Å²) in [6.45, 7) is 17.0. The molecule has 68 heavy (non-hydrogen) atoms. The van der Waals surface area contributed by atoms with E-state index >= 15 is 0 Å². The molecule has 4 amide bonds. The number of morpholine rings is 1. The number of nitrogens with one attached hydrogen (secondary N) is 4. The summed E-state index contributed by atoms with van der Waals surface area (Å²) in [6.07, 6.45) is 2.07. The lowest BCUT2D eigenvalue weighted by molar-refractivity contribution is -0.940. The molecule has 5 rings (SSSR count). The van der Waals surface area contributed by atoms with Gasteiger partial charge in [-0.25, -0.2) is 0 Å². The second-order valence-corrected chi connectivity index (χ2v) is 20.5. The fraction of sp³-hybridized carbons (Fsp3) is 0.528. The van der Waals surface area contributed by atoms with Crippen molar-refractivity contribution in [3.63, 3.8) is 0 Å². The summed E-state index contributed by atoms with van der Waals surface area (Å²) in [7, 11) is 0. The first-order valence-electron chi connectivity index (χ1n) is 23.9. The molecule has 3 aromatic carbocycles. The van der Waals surface area contributed by atoms with Crippen LogP contribution in [0.2, 0.25) is 0 Å². The number of ketones is 1. The molecule has 0 aliphatic carbocycles. The maximum absolute atomic E-state index is 14.5. The number of hydrogen-bond donors (Lipinski definition) is 4. The van der Waals surface area contributed by atoms with Crippen molar-refractivity contribution in [3.8, 4) is 5.75 Å². The van der Waals surface area contributed by atoms with Crippen LogP contribution in [0.4, 0.5) is 0 Å². The van der Waals surface area contributed by atoms with Crippen LogP contribution in [0.15, 0.2) is 78.9 Å². The van der Waals surface area contributed by atoms with E-state index in [0.717, 1.165) is 16.7 Å². The van der Waals surface area contributed by atoms with Gasteiger partial charge in [-0.05, 0) is 94.5 Å². The molecule has 0 saturated carbocycles. The average molecular weight is 939 g/mol. The van der Waals surface area contributed by atoms with Gasteiger partial charge in [-0.1, -0.05) is 88.4 Å². The summed E-state index contributed by atoms with van der Waals surface area (Å²) in [6, 6.07) is 19.8. The first-order valence-corrected chi connectivity index (χ1v) is 23.9. The number of epoxide rings is 1. The van der Waals surface area contributed by atoms with Gasteiger partial charge < -0.3 is 40.0 Å². The Morgan fingerprint density at radius 3 is 1.84 bits per heavy atom. The quantitative estimate of drug-likeness (QED) is 0.0310. The van der Waals surface area contributed by atoms with Crippen LogP contribution < -0.4 is 26.0 Å². The van der Waals surface area contributed by atoms with Crippen molar-refractivity contribution in [2.24, 2.45) is 17.3 Å². The van der Waals surface area contributed by atoms with Gasteiger partial charge in [0.25, 0.3) is 5.91 Å². The molecule has 0 radical (unpaired) electrons. The fourth-order valence-electron chi connectivity index (χ4n) is 8.29. The first-order chi connectivity index (χ1) is 32.2. The number of esters is 1. The largest absolute Gasteiger partial charge is 0.425 e. The van der Waals surface area contributed by atoms with E-state index in [1.54, 1.807) is 45.9 Å². The molecule has 15 heteroatoms. The number of nitrogens with zero attached hydrogens (tertiary/aromatic N) is 1. The van der Waals surface area contributed by atoms with Crippen LogP contribution in [-0.4, -0.2) is 115 Å². The lowest BCUT2D eigenvalue weighted by atomic mass is 9.93. The van der Waals surface area contributed by atoms with Crippen LogP contribution in [0.1, 0.15) is 102 Å². The lowest BCUT2D eigenvalue weighted by Crippen LogP contribution is -2.61. The predicted octanol–water partition coefficient (Wildman–Crippen LogP) is 5.06. The summed E-state index contributed by atoms with van der Waals surface area (Å²) in [4.78, 5) is 95.7. The number of Topliss-reactive ketones (excluding diaryl/α,β-unsaturated/α-hetero) is 1. The van der Waals surface area contributed by atoms with Gasteiger partial charge in [-0.15, -0.1) is 0 Å². The van der Waals surface area contributed by atoms with Crippen molar-refractivity contribution in [1.29, 1.82) is 0 Å². The van der Waals surface area contributed by atoms with Gasteiger partial charge in [0.05, 0.1) is 36.8 Å². The van der Waals surface area contributed by atoms with E-state index in [0.29, 0.717) is 52.0 Å². The summed E-state index contributed by atoms with van der Waals surface area (Å²) in [5, 5.41) is 11.8. The molecule has 4 unspecified atom stereocenters. The van der Waals surface area contributed by atoms with Gasteiger partial charge in [0.2, 0.25) is 17.7 Å². The molecule has 5 atom stereocenters. The van der Waals surface area contributed by atoms with Crippen molar-refractivity contribution in [3.05, 3.63) is 101 Å². The zero-order valence-electron chi connectivity index (χ0n) is 41.1. The minimum atomic E-state index is -1.09. The SMILES string of the molecule is CC(C)CC(NC(=O)C(CCc1ccccc1)NC(=O)C[N+]1(Cc2ccc(OC(=O)C(C)(C)C)c(C=O)c2)CCOCC1)C(=O)NC(Cc1ccccc1)C(=O)NC(CC(C)C)C(=O)[C@@]1(C)CO1. The Balaban J connectivity index is 1.36. The average Bonchev–Trinajstić information content (AvgIpc) is 4.05. The van der Waals surface area contributed by atoms with Crippen LogP contribution in [-0.2, 0) is 57.6 Å². The maximum atomic E-state index is 14.5. The fourth-order valence-corrected chi connectivity index (χ4v) is 8.29. The Bertz CT molecular complexity index is 2210. The van der Waals surface area contributed by atoms with E-state index < -0.39 is 58.9 Å². The van der Waals surface area contributed by atoms with Crippen LogP contribution in [0, 0.1) is 17.3 Å². The highest BCUT2D eigenvalue weighted by molar-refractivity contribution is 5.99. The molecule has 0 spiro atoms. The number of rotatable bonds is 24. The highest BCUT2D eigenvalue weighted by atomic mass is 16.6. The molecule has 2 saturated heterocycles. The summed E-state index contributed by atoms with van der Waals surface area (Å²) in [5.41, 5.74) is 0.972. The summed E-state index contributed by atoms with van der Waals surface area (Å²) in [5.74, 6) is -2.56. The third-order valence-electron chi connectivity index (χ3n) is 12.3. The highest BCUT2D eigenvalue weighted by Crippen LogP contribution is 2.30. The van der Waals surface area contributed by atoms with E-state index in [1.807, 2.05) is 88.4 Å². The molecule has 2 aliphatic heterocycles. The first kappa shape index (κ1) is 53.2. The number of benzene rings is 3. The minimum Gasteiger partial charge on any atom is -0.425 e. The number of hydrogen-bond acceptors (Lipinski definition) is 10. The van der Waals surface area contributed by atoms with E-state index in [2.05, 4.69) is 21.3 Å². The van der Waals surface area contributed by atoms with Gasteiger partial charge in [0, 0.05) is 12.0 Å². The molecule has 0 aromatic heterocycles. The second kappa shape index (κ2) is 24.0. The molecule has 2 heterocycles. The Morgan fingerprint density at radius 2 is 1.26 bits per heavy atom. The molecule has 2 fully saturated rings. The second-order valence-electron chi connectivity index (χ2n) is 20.5. The van der Waals surface area contributed by atoms with Gasteiger partial charge in [0.15, 0.2) is 18.6 Å². The standard InChI is InChI=1S/C53H71N5O10/c1-35(2)27-42(47(61)53(8)34-67-53)55-50(64)44(30-38-17-13-10-14-18-38)57-49(63)43(28-36(3)4)56-48(62)41(21-19-37-15-11-9-12-16-37)54-46(60)32-58(23-25-66-26-24-58)31-39-20-22-45(40(29-39)33-59)68-51(65)52(5,6)7/h9-18,20,22,29,33,35-36,41-44H,19,21,23-28,30-32,34H2,1-8H3,(H3-,54,55,56,57,60,62,63,64)/p+1/t41?,42?,43?,44?,53-/m1/s1. The number of carbonyl (C=O) groups is 7. The van der Waals surface area contributed by atoms with Gasteiger partial charge in [-0.2, -0.15) is 0 Å². The predicted molar refractivity (Wildman–Crippen MR) is 257 cm³/mol. The van der Waals surface area contributed by atoms with E-state index in [-0.39, 0.29) is 71.7 Å². The van der Waals surface area contributed by atoms with Gasteiger partial charge >= 0.3 is 5.97 Å². The Kier molecular flexibility index (Phi) is 18.8. The third-order valence-corrected chi connectivity index (χ3v) is 12.3. The molecule has 368 valence electrons. The topological polar surface area (TPSA) is 199 Å². The number of aryl methyl sites for hydroxylation is 1. The summed E-state index contributed by atoms with van der Waals surface area (Å²) < 4.78 is 17.0. The number of amides is 4. The van der Waals surface area contributed by atoms with E-state index in [4.69, 9.17) is 14.2 Å². The molecule has 2 aliphatic rings. The monoisotopic (exact) mass is 939 g/mol. The number of quaternary nitrogens is 1. The van der Waals surface area contributed by atoms with Crippen LogP contribution in [0.3, 0.4) is 0 Å². The van der Waals surface area contributed by atoms with Gasteiger partial charge in [-0.3, -0.25) is 33.6 Å². The third kappa shape index (κ3) is 15.9. The summed E-state index contributed by atoms with van der Waals surface area (Å²) >= 11 is 0. The Morgan fingerprint density at radius 1 is 0.721 bits per heavy atom. The molecular weight excluding hydrogens is 867 g/mol. The molecule has 0 bridgehead atoms. The number of ether oxygens (including phenoxy) is 3. The minimum absolute atomic E-state index is 0.00652. The van der Waals surface area contributed by atoms with E-state index in [1.165, 1.54) is 0 Å². The molecule has 15 nitrogen and oxygen atoms in total. The molecule has 4 N–H and O–H groups in total. The van der Waals surface area contributed by atoms with Crippen molar-refractivity contribution in [2.75, 3.05) is 39.5 Å². The zero-order valence-corrected chi connectivity index (χ0v) is 41.1. The normalized spacial score (nSPS) is 18.3. The van der Waals surface area contributed by atoms with Crippen molar-refractivity contribution in [1.82, 2.24) is 21.3 Å². The Labute approximate surface area is 401 Å². The lowest BCUT2D eigenvalue weighted by Gasteiger charge is -2.41. The highest BCUT2D eigenvalue weighted by Gasteiger charge is 2.50. The van der Waals surface area contributed by atoms with Crippen molar-refractivity contribution < 1.29 is 52.3 Å². The van der Waals surface area contributed by atoms with Crippen LogP contribution in [0.25, 0.3) is 0 Å². The van der Waals surface area contributed by atoms with Crippen molar-refractivity contribution in [2.45, 2.75) is 124 Å². The van der Waals surface area contributed by atoms with Gasteiger partial charge in [0.1, 0.15) is 49.1 Å². The zero-order chi connectivity index (χ0) is 49.6. The molecule has 3 aromatic rings. The van der Waals surface area contributed by atoms with Crippen molar-refractivity contribution >= 4 is 41.7 Å².